The van der Waals surface area contributed by atoms with Gasteiger partial charge in [-0.2, -0.15) is 0 Å². The van der Waals surface area contributed by atoms with Crippen molar-refractivity contribution in [2.75, 3.05) is 19.8 Å². The predicted molar refractivity (Wildman–Crippen MR) is 120 cm³/mol. The largest absolute Gasteiger partial charge is 0.508 e. The molecule has 0 spiro atoms. The topological polar surface area (TPSA) is 96.3 Å². The van der Waals surface area contributed by atoms with E-state index < -0.39 is 17.7 Å². The van der Waals surface area contributed by atoms with Gasteiger partial charge in [0.1, 0.15) is 17.3 Å². The fourth-order valence-corrected chi connectivity index (χ4v) is 3.70. The van der Waals surface area contributed by atoms with Crippen molar-refractivity contribution in [3.05, 3.63) is 65.2 Å². The van der Waals surface area contributed by atoms with Crippen LogP contribution in [0, 0.1) is 0 Å². The zero-order valence-corrected chi connectivity index (χ0v) is 18.6. The number of amides is 1. The molecule has 1 aliphatic rings. The molecule has 0 aliphatic carbocycles. The third-order valence-corrected chi connectivity index (χ3v) is 5.18. The Bertz CT molecular complexity index is 978. The normalized spacial score (nSPS) is 17.9. The third kappa shape index (κ3) is 5.11. The molecule has 0 unspecified atom stereocenters. The number of aromatic hydroxyl groups is 1. The van der Waals surface area contributed by atoms with Crippen LogP contribution in [0.5, 0.6) is 11.5 Å². The Morgan fingerprint density at radius 1 is 1.06 bits per heavy atom. The molecule has 2 aromatic rings. The smallest absolute Gasteiger partial charge is 0.295 e. The average Bonchev–Trinajstić information content (AvgIpc) is 3.02. The molecule has 1 aliphatic heterocycles. The second-order valence-corrected chi connectivity index (χ2v) is 7.81. The highest BCUT2D eigenvalue weighted by Gasteiger charge is 2.45. The summed E-state index contributed by atoms with van der Waals surface area (Å²) in [5.41, 5.74) is 1.06. The van der Waals surface area contributed by atoms with Gasteiger partial charge < -0.3 is 24.6 Å². The summed E-state index contributed by atoms with van der Waals surface area (Å²) in [4.78, 5) is 27.3. The third-order valence-electron chi connectivity index (χ3n) is 5.18. The number of aliphatic hydroxyl groups excluding tert-OH is 1. The average molecular weight is 440 g/mol. The van der Waals surface area contributed by atoms with E-state index in [4.69, 9.17) is 9.47 Å². The molecule has 32 heavy (non-hydrogen) atoms. The molecule has 2 N–H and O–H groups in total. The van der Waals surface area contributed by atoms with Crippen LogP contribution in [0.1, 0.15) is 44.4 Å². The Hall–Kier alpha value is -3.32. The number of ketones is 1. The van der Waals surface area contributed by atoms with Gasteiger partial charge >= 0.3 is 0 Å². The molecule has 170 valence electrons. The van der Waals surface area contributed by atoms with Gasteiger partial charge in [-0.15, -0.1) is 0 Å². The van der Waals surface area contributed by atoms with E-state index in [-0.39, 0.29) is 23.2 Å². The summed E-state index contributed by atoms with van der Waals surface area (Å²) >= 11 is 0. The first-order chi connectivity index (χ1) is 15.3. The highest BCUT2D eigenvalue weighted by Crippen LogP contribution is 2.40. The van der Waals surface area contributed by atoms with Crippen LogP contribution in [0.15, 0.2) is 54.1 Å². The van der Waals surface area contributed by atoms with E-state index in [1.54, 1.807) is 36.4 Å². The summed E-state index contributed by atoms with van der Waals surface area (Å²) in [5, 5.41) is 20.7. The highest BCUT2D eigenvalue weighted by molar-refractivity contribution is 6.46. The van der Waals surface area contributed by atoms with Crippen molar-refractivity contribution in [2.24, 2.45) is 0 Å². The van der Waals surface area contributed by atoms with E-state index in [2.05, 4.69) is 0 Å². The van der Waals surface area contributed by atoms with Crippen LogP contribution in [0.2, 0.25) is 0 Å². The van der Waals surface area contributed by atoms with Crippen LogP contribution in [0.4, 0.5) is 0 Å². The van der Waals surface area contributed by atoms with E-state index in [1.807, 2.05) is 20.8 Å². The molecule has 1 fully saturated rings. The lowest BCUT2D eigenvalue weighted by atomic mass is 9.95. The van der Waals surface area contributed by atoms with E-state index in [0.29, 0.717) is 43.1 Å². The number of ether oxygens (including phenoxy) is 2. The van der Waals surface area contributed by atoms with Gasteiger partial charge in [0.05, 0.1) is 24.3 Å². The maximum Gasteiger partial charge on any atom is 0.295 e. The van der Waals surface area contributed by atoms with E-state index in [1.165, 1.54) is 17.0 Å². The summed E-state index contributed by atoms with van der Waals surface area (Å²) in [7, 11) is 0. The Morgan fingerprint density at radius 3 is 2.31 bits per heavy atom. The maximum absolute atomic E-state index is 13.0. The molecule has 1 amide bonds. The number of carbonyl (C=O) groups excluding carboxylic acids is 2. The molecule has 1 saturated heterocycles. The molecular weight excluding hydrogens is 410 g/mol. The minimum absolute atomic E-state index is 0.0228. The number of hydrogen-bond acceptors (Lipinski definition) is 6. The van der Waals surface area contributed by atoms with Crippen LogP contribution in [0.3, 0.4) is 0 Å². The molecule has 3 rings (SSSR count). The van der Waals surface area contributed by atoms with Crippen LogP contribution in [-0.4, -0.2) is 52.7 Å². The monoisotopic (exact) mass is 439 g/mol. The molecule has 0 bridgehead atoms. The molecular formula is C25H29NO6. The van der Waals surface area contributed by atoms with Gasteiger partial charge in [-0.1, -0.05) is 12.1 Å². The van der Waals surface area contributed by atoms with Crippen molar-refractivity contribution in [2.45, 2.75) is 39.3 Å². The Labute approximate surface area is 187 Å². The summed E-state index contributed by atoms with van der Waals surface area (Å²) in [6.07, 6.45) is 0.612. The second kappa shape index (κ2) is 10.3. The zero-order chi connectivity index (χ0) is 23.3. The molecule has 2 aromatic carbocycles. The van der Waals surface area contributed by atoms with Crippen LogP contribution >= 0.6 is 0 Å². The van der Waals surface area contributed by atoms with Gasteiger partial charge in [0.25, 0.3) is 11.7 Å². The van der Waals surface area contributed by atoms with E-state index in [0.717, 1.165) is 0 Å². The molecule has 7 heteroatoms. The lowest BCUT2D eigenvalue weighted by Gasteiger charge is -2.25. The van der Waals surface area contributed by atoms with Crippen molar-refractivity contribution in [3.63, 3.8) is 0 Å². The summed E-state index contributed by atoms with van der Waals surface area (Å²) in [6.45, 7) is 6.99. The van der Waals surface area contributed by atoms with E-state index in [9.17, 15) is 19.8 Å². The van der Waals surface area contributed by atoms with Gasteiger partial charge in [0.2, 0.25) is 0 Å². The first-order valence-corrected chi connectivity index (χ1v) is 10.8. The zero-order valence-electron chi connectivity index (χ0n) is 18.6. The number of Topliss-reactive ketones (excluding diaryl/α,β-unsaturated/α-hetero) is 1. The molecule has 0 radical (unpaired) electrons. The van der Waals surface area contributed by atoms with Crippen LogP contribution in [-0.2, 0) is 14.3 Å². The molecule has 1 heterocycles. The van der Waals surface area contributed by atoms with Crippen LogP contribution < -0.4 is 4.74 Å². The minimum atomic E-state index is -0.763. The number of nitrogens with zero attached hydrogens (tertiary/aromatic N) is 1. The fourth-order valence-electron chi connectivity index (χ4n) is 3.70. The lowest BCUT2D eigenvalue weighted by Crippen LogP contribution is -2.31. The van der Waals surface area contributed by atoms with Gasteiger partial charge in [-0.25, -0.2) is 0 Å². The number of phenolic OH excluding ortho intramolecular Hbond substituents is 1. The molecule has 0 aromatic heterocycles. The molecule has 7 nitrogen and oxygen atoms in total. The van der Waals surface area contributed by atoms with Crippen molar-refractivity contribution >= 4 is 17.4 Å². The predicted octanol–water partition coefficient (Wildman–Crippen LogP) is 4.03. The van der Waals surface area contributed by atoms with Gasteiger partial charge in [-0.05, 0) is 69.2 Å². The Morgan fingerprint density at radius 2 is 1.72 bits per heavy atom. The highest BCUT2D eigenvalue weighted by atomic mass is 16.5. The number of likely N-dealkylation sites (tertiary alicyclic amines) is 1. The SMILES string of the molecule is CCOc1ccc(C(O)=C2C(=O)C(=O)N(CCCOC(C)C)[C@H]2c2ccc(O)cc2)cc1. The Balaban J connectivity index is 1.99. The summed E-state index contributed by atoms with van der Waals surface area (Å²) < 4.78 is 11.0. The standard InChI is InChI=1S/C25H29NO6/c1-4-31-20-12-8-18(9-13-20)23(28)21-22(17-6-10-19(27)11-7-17)26(25(30)24(21)29)14-5-15-32-16(2)3/h6-13,16,22,27-28H,4-5,14-15H2,1-3H3/t22-/m0/s1. The number of hydrogen-bond donors (Lipinski definition) is 2. The minimum Gasteiger partial charge on any atom is -0.508 e. The van der Waals surface area contributed by atoms with E-state index >= 15 is 0 Å². The van der Waals surface area contributed by atoms with Crippen molar-refractivity contribution < 1.29 is 29.3 Å². The fraction of sp³-hybridized carbons (Fsp3) is 0.360. The number of rotatable bonds is 9. The van der Waals surface area contributed by atoms with Crippen molar-refractivity contribution in [1.29, 1.82) is 0 Å². The van der Waals surface area contributed by atoms with Crippen LogP contribution in [0.25, 0.3) is 5.76 Å². The van der Waals surface area contributed by atoms with Gasteiger partial charge in [-0.3, -0.25) is 9.59 Å². The quantitative estimate of drug-likeness (QED) is 0.265. The maximum atomic E-state index is 13.0. The second-order valence-electron chi connectivity index (χ2n) is 7.81. The molecule has 0 saturated carbocycles. The lowest BCUT2D eigenvalue weighted by molar-refractivity contribution is -0.140. The van der Waals surface area contributed by atoms with Gasteiger partial charge in [0.15, 0.2) is 0 Å². The summed E-state index contributed by atoms with van der Waals surface area (Å²) in [5.74, 6) is -0.933. The number of phenols is 1. The first kappa shape index (κ1) is 23.3. The van der Waals surface area contributed by atoms with Crippen molar-refractivity contribution in [1.82, 2.24) is 4.90 Å². The summed E-state index contributed by atoms with van der Waals surface area (Å²) in [6, 6.07) is 12.2. The molecule has 1 atom stereocenters. The van der Waals surface area contributed by atoms with Gasteiger partial charge in [0, 0.05) is 18.7 Å². The number of carbonyl (C=O) groups is 2. The number of aliphatic hydroxyl groups is 1. The van der Waals surface area contributed by atoms with Crippen molar-refractivity contribution in [3.8, 4) is 11.5 Å². The number of benzene rings is 2. The first-order valence-electron chi connectivity index (χ1n) is 10.8. The Kier molecular flexibility index (Phi) is 7.53.